The molecule has 0 bridgehead atoms. The van der Waals surface area contributed by atoms with Crippen LogP contribution in [0.2, 0.25) is 0 Å². The van der Waals surface area contributed by atoms with E-state index in [9.17, 15) is 4.79 Å². The van der Waals surface area contributed by atoms with Crippen molar-refractivity contribution in [2.45, 2.75) is 40.2 Å². The number of rotatable bonds is 10. The molecule has 0 N–H and O–H groups in total. The predicted octanol–water partition coefficient (Wildman–Crippen LogP) is 7.67. The van der Waals surface area contributed by atoms with Gasteiger partial charge < -0.3 is 19.3 Å². The number of carbonyl (C=O) groups is 1. The number of hydrazone groups is 1. The van der Waals surface area contributed by atoms with Crippen LogP contribution in [0.5, 0.6) is 17.2 Å². The molecule has 2 aliphatic heterocycles. The average Bonchev–Trinajstić information content (AvgIpc) is 3.30. The second-order valence-electron chi connectivity index (χ2n) is 10.9. The lowest BCUT2D eigenvalue weighted by atomic mass is 9.75. The van der Waals surface area contributed by atoms with Crippen molar-refractivity contribution in [1.29, 1.82) is 0 Å². The van der Waals surface area contributed by atoms with Gasteiger partial charge in [0, 0.05) is 71.9 Å². The number of carbonyl (C=O) groups excluding carboxylic acids is 1. The quantitative estimate of drug-likeness (QED) is 0.178. The maximum atomic E-state index is 14.3. The first-order valence-electron chi connectivity index (χ1n) is 15.7. The minimum absolute atomic E-state index is 0.151. The molecule has 1 spiro atoms. The predicted molar refractivity (Wildman–Crippen MR) is 178 cm³/mol. The Morgan fingerprint density at radius 1 is 0.750 bits per heavy atom. The van der Waals surface area contributed by atoms with Crippen molar-refractivity contribution in [1.82, 2.24) is 5.01 Å². The maximum Gasteiger partial charge on any atom is 0.275 e. The number of ether oxygens (including phenoxy) is 2. The summed E-state index contributed by atoms with van der Waals surface area (Å²) in [5.74, 6) is 2.10. The Balaban J connectivity index is 1.59. The third-order valence-corrected chi connectivity index (χ3v) is 8.76. The summed E-state index contributed by atoms with van der Waals surface area (Å²) in [5, 5.41) is 6.62. The second-order valence-corrected chi connectivity index (χ2v) is 10.9. The Morgan fingerprint density at radius 3 is 1.86 bits per heavy atom. The molecule has 7 nitrogen and oxygen atoms in total. The number of amides is 1. The van der Waals surface area contributed by atoms with E-state index in [1.54, 1.807) is 11.2 Å². The summed E-state index contributed by atoms with van der Waals surface area (Å²) in [7, 11) is 0. The number of hydrogen-bond donors (Lipinski definition) is 0. The Kier molecular flexibility index (Phi) is 8.04. The molecule has 44 heavy (non-hydrogen) atoms. The Hall–Kier alpha value is -4.78. The Morgan fingerprint density at radius 2 is 1.32 bits per heavy atom. The normalized spacial score (nSPS) is 14.3. The molecular formula is C37H40N4O3. The van der Waals surface area contributed by atoms with E-state index >= 15 is 0 Å². The van der Waals surface area contributed by atoms with Gasteiger partial charge in [0.05, 0.1) is 12.8 Å². The van der Waals surface area contributed by atoms with Crippen LogP contribution in [0.3, 0.4) is 0 Å². The highest BCUT2D eigenvalue weighted by Gasteiger charge is 2.57. The van der Waals surface area contributed by atoms with Crippen LogP contribution < -0.4 is 19.3 Å². The van der Waals surface area contributed by atoms with E-state index < -0.39 is 5.54 Å². The van der Waals surface area contributed by atoms with Crippen LogP contribution >= 0.6 is 0 Å². The van der Waals surface area contributed by atoms with Gasteiger partial charge in [0.25, 0.3) is 5.91 Å². The van der Waals surface area contributed by atoms with Gasteiger partial charge in [0.15, 0.2) is 0 Å². The number of hydrogen-bond acceptors (Lipinski definition) is 6. The molecule has 0 fully saturated rings. The highest BCUT2D eigenvalue weighted by atomic mass is 16.5. The summed E-state index contributed by atoms with van der Waals surface area (Å²) in [4.78, 5) is 18.9. The molecule has 0 aliphatic carbocycles. The summed E-state index contributed by atoms with van der Waals surface area (Å²) in [6.07, 6.45) is 1.75. The Labute approximate surface area is 260 Å². The lowest BCUT2D eigenvalue weighted by Crippen LogP contribution is -2.44. The van der Waals surface area contributed by atoms with Crippen molar-refractivity contribution in [2.24, 2.45) is 5.10 Å². The van der Waals surface area contributed by atoms with Crippen molar-refractivity contribution in [2.75, 3.05) is 42.6 Å². The molecule has 4 aromatic carbocycles. The van der Waals surface area contributed by atoms with E-state index in [0.717, 1.165) is 77.1 Å². The molecular weight excluding hydrogens is 548 g/mol. The van der Waals surface area contributed by atoms with Crippen molar-refractivity contribution in [3.05, 3.63) is 113 Å². The topological polar surface area (TPSA) is 57.6 Å². The lowest BCUT2D eigenvalue weighted by Gasteiger charge is -2.42. The van der Waals surface area contributed by atoms with Crippen LogP contribution in [0, 0.1) is 0 Å². The fourth-order valence-corrected chi connectivity index (χ4v) is 6.59. The van der Waals surface area contributed by atoms with Crippen LogP contribution in [0.15, 0.2) is 90.0 Å². The zero-order chi connectivity index (χ0) is 30.8. The highest BCUT2D eigenvalue weighted by Crippen LogP contribution is 2.58. The van der Waals surface area contributed by atoms with Gasteiger partial charge in [-0.05, 0) is 82.6 Å². The van der Waals surface area contributed by atoms with Crippen molar-refractivity contribution >= 4 is 23.5 Å². The summed E-state index contributed by atoms with van der Waals surface area (Å²) in [6.45, 7) is 14.7. The standard InChI is InChI=1S/C37H40N4O3/c1-6-39(7-2)27-17-21-32-34(23-27)44-35-24-28(40(8-3)9-4)18-22-33(35)37(32)31-14-12-11-13-30(31)36(42)41(37)38-25-26-15-19-29(20-16-26)43-10-5/h11-25H,6-10H2,1-5H3/b38-25+. The molecule has 0 saturated heterocycles. The van der Waals surface area contributed by atoms with E-state index in [1.165, 1.54) is 0 Å². The smallest absolute Gasteiger partial charge is 0.275 e. The number of fused-ring (bicyclic) bond motifs is 6. The summed E-state index contributed by atoms with van der Waals surface area (Å²) in [6, 6.07) is 28.3. The molecule has 0 radical (unpaired) electrons. The summed E-state index contributed by atoms with van der Waals surface area (Å²) < 4.78 is 12.4. The van der Waals surface area contributed by atoms with Gasteiger partial charge in [-0.25, -0.2) is 5.01 Å². The van der Waals surface area contributed by atoms with Gasteiger partial charge in [0.1, 0.15) is 22.8 Å². The van der Waals surface area contributed by atoms with Gasteiger partial charge >= 0.3 is 0 Å². The third-order valence-electron chi connectivity index (χ3n) is 8.76. The van der Waals surface area contributed by atoms with Gasteiger partial charge in [-0.15, -0.1) is 0 Å². The van der Waals surface area contributed by atoms with Crippen LogP contribution in [0.4, 0.5) is 11.4 Å². The monoisotopic (exact) mass is 588 g/mol. The van der Waals surface area contributed by atoms with Crippen molar-refractivity contribution in [3.63, 3.8) is 0 Å². The molecule has 0 saturated carbocycles. The fraction of sp³-hybridized carbons (Fsp3) is 0.297. The first-order chi connectivity index (χ1) is 21.5. The number of benzene rings is 4. The zero-order valence-electron chi connectivity index (χ0n) is 26.2. The molecule has 4 aromatic rings. The highest BCUT2D eigenvalue weighted by molar-refractivity contribution is 6.03. The molecule has 2 aliphatic rings. The molecule has 0 aromatic heterocycles. The van der Waals surface area contributed by atoms with Crippen molar-refractivity contribution < 1.29 is 14.3 Å². The first kappa shape index (κ1) is 29.3. The molecule has 1 amide bonds. The SMILES string of the molecule is CCOc1ccc(/C=N/N2C(=O)c3ccccc3C23c2ccc(N(CC)CC)cc2Oc2cc(N(CC)CC)ccc23)cc1. The van der Waals surface area contributed by atoms with Crippen molar-refractivity contribution in [3.8, 4) is 17.2 Å². The molecule has 0 unspecified atom stereocenters. The number of nitrogens with zero attached hydrogens (tertiary/aromatic N) is 4. The van der Waals surface area contributed by atoms with Crippen LogP contribution in [0.25, 0.3) is 0 Å². The van der Waals surface area contributed by atoms with E-state index in [-0.39, 0.29) is 5.91 Å². The third kappa shape index (κ3) is 4.67. The van der Waals surface area contributed by atoms with E-state index in [1.807, 2.05) is 49.4 Å². The second kappa shape index (κ2) is 12.1. The van der Waals surface area contributed by atoms with Gasteiger partial charge in [-0.2, -0.15) is 5.10 Å². The van der Waals surface area contributed by atoms with Gasteiger partial charge in [-0.3, -0.25) is 4.79 Å². The zero-order valence-corrected chi connectivity index (χ0v) is 26.2. The maximum absolute atomic E-state index is 14.3. The molecule has 2 heterocycles. The number of anilines is 2. The van der Waals surface area contributed by atoms with Gasteiger partial charge in [0.2, 0.25) is 0 Å². The minimum atomic E-state index is -1.01. The Bertz CT molecular complexity index is 1630. The lowest BCUT2D eigenvalue weighted by molar-refractivity contribution is 0.0675. The largest absolute Gasteiger partial charge is 0.494 e. The average molecular weight is 589 g/mol. The van der Waals surface area contributed by atoms with E-state index in [4.69, 9.17) is 14.6 Å². The van der Waals surface area contributed by atoms with Crippen LogP contribution in [-0.4, -0.2) is 49.9 Å². The first-order valence-corrected chi connectivity index (χ1v) is 15.7. The fourth-order valence-electron chi connectivity index (χ4n) is 6.59. The molecule has 6 rings (SSSR count). The molecule has 7 heteroatoms. The molecule has 226 valence electrons. The van der Waals surface area contributed by atoms with Crippen LogP contribution in [0.1, 0.15) is 67.2 Å². The summed E-state index contributed by atoms with van der Waals surface area (Å²) in [5.41, 5.74) is 5.32. The van der Waals surface area contributed by atoms with Crippen LogP contribution in [-0.2, 0) is 5.54 Å². The van der Waals surface area contributed by atoms with E-state index in [2.05, 4.69) is 80.0 Å². The minimum Gasteiger partial charge on any atom is -0.494 e. The summed E-state index contributed by atoms with van der Waals surface area (Å²) >= 11 is 0. The molecule has 0 atom stereocenters. The van der Waals surface area contributed by atoms with Gasteiger partial charge in [-0.1, -0.05) is 30.3 Å². The van der Waals surface area contributed by atoms with E-state index in [0.29, 0.717) is 12.2 Å².